The van der Waals surface area contributed by atoms with Gasteiger partial charge in [-0.3, -0.25) is 0 Å². The number of unbranched alkanes of at least 4 members (excludes halogenated alkanes) is 3. The normalized spacial score (nSPS) is 17.2. The molecule has 0 spiro atoms. The monoisotopic (exact) mass is 290 g/mol. The number of anilines is 1. The molecule has 1 aromatic rings. The number of ether oxygens (including phenoxy) is 1. The van der Waals surface area contributed by atoms with Crippen molar-refractivity contribution < 1.29 is 4.74 Å². The van der Waals surface area contributed by atoms with Crippen molar-refractivity contribution in [3.8, 4) is 5.75 Å². The van der Waals surface area contributed by atoms with Crippen molar-refractivity contribution in [1.29, 1.82) is 0 Å². The van der Waals surface area contributed by atoms with Crippen LogP contribution in [-0.2, 0) is 6.54 Å². The minimum Gasteiger partial charge on any atom is -0.497 e. The molecule has 3 heteroatoms. The molecule has 2 rings (SSSR count). The van der Waals surface area contributed by atoms with Gasteiger partial charge in [0.15, 0.2) is 0 Å². The topological polar surface area (TPSA) is 24.5 Å². The van der Waals surface area contributed by atoms with E-state index in [0.29, 0.717) is 0 Å². The predicted molar refractivity (Wildman–Crippen MR) is 90.3 cm³/mol. The Hall–Kier alpha value is -1.22. The molecule has 3 nitrogen and oxygen atoms in total. The van der Waals surface area contributed by atoms with E-state index >= 15 is 0 Å². The van der Waals surface area contributed by atoms with Crippen LogP contribution in [0, 0.1) is 0 Å². The highest BCUT2D eigenvalue weighted by Crippen LogP contribution is 2.30. The van der Waals surface area contributed by atoms with Gasteiger partial charge in [0.1, 0.15) is 5.75 Å². The van der Waals surface area contributed by atoms with Gasteiger partial charge < -0.3 is 15.0 Å². The summed E-state index contributed by atoms with van der Waals surface area (Å²) in [6.07, 6.45) is 5.21. The molecule has 1 aliphatic rings. The molecule has 0 amide bonds. The molecule has 0 saturated carbocycles. The first-order valence-corrected chi connectivity index (χ1v) is 8.22. The first-order chi connectivity index (χ1) is 10.1. The van der Waals surface area contributed by atoms with E-state index in [2.05, 4.69) is 49.2 Å². The fourth-order valence-electron chi connectivity index (χ4n) is 3.00. The number of nitrogens with one attached hydrogen (secondary N) is 1. The van der Waals surface area contributed by atoms with Crippen LogP contribution < -0.4 is 15.0 Å². The second-order valence-corrected chi connectivity index (χ2v) is 6.71. The number of benzene rings is 1. The highest BCUT2D eigenvalue weighted by Gasteiger charge is 2.26. The molecule has 0 radical (unpaired) electrons. The third kappa shape index (κ3) is 4.37. The zero-order chi connectivity index (χ0) is 15.3. The fraction of sp³-hybridized carbons (Fsp3) is 0.667. The van der Waals surface area contributed by atoms with Gasteiger partial charge in [0, 0.05) is 36.9 Å². The van der Waals surface area contributed by atoms with Crippen molar-refractivity contribution in [3.05, 3.63) is 23.8 Å². The minimum absolute atomic E-state index is 0.136. The van der Waals surface area contributed by atoms with Crippen LogP contribution in [0.3, 0.4) is 0 Å². The van der Waals surface area contributed by atoms with Gasteiger partial charge in [-0.25, -0.2) is 0 Å². The Morgan fingerprint density at radius 3 is 2.76 bits per heavy atom. The van der Waals surface area contributed by atoms with Gasteiger partial charge in [-0.05, 0) is 31.9 Å². The van der Waals surface area contributed by atoms with E-state index < -0.39 is 0 Å². The maximum Gasteiger partial charge on any atom is 0.120 e. The first-order valence-electron chi connectivity index (χ1n) is 8.22. The molecular weight excluding hydrogens is 260 g/mol. The molecular formula is C18H30N2O. The molecule has 1 N–H and O–H groups in total. The van der Waals surface area contributed by atoms with E-state index in [1.54, 1.807) is 7.11 Å². The molecule has 0 unspecified atom stereocenters. The van der Waals surface area contributed by atoms with E-state index in [1.165, 1.54) is 36.9 Å². The molecule has 118 valence electrons. The average Bonchev–Trinajstić information content (AvgIpc) is 2.60. The van der Waals surface area contributed by atoms with E-state index in [1.807, 2.05) is 0 Å². The summed E-state index contributed by atoms with van der Waals surface area (Å²) in [5, 5.41) is 3.66. The van der Waals surface area contributed by atoms with Crippen LogP contribution in [0.15, 0.2) is 18.2 Å². The Kier molecular flexibility index (Phi) is 5.51. The van der Waals surface area contributed by atoms with Crippen molar-refractivity contribution in [1.82, 2.24) is 5.32 Å². The summed E-state index contributed by atoms with van der Waals surface area (Å²) in [7, 11) is 1.74. The van der Waals surface area contributed by atoms with E-state index in [-0.39, 0.29) is 5.54 Å². The van der Waals surface area contributed by atoms with E-state index in [4.69, 9.17) is 4.74 Å². The van der Waals surface area contributed by atoms with E-state index in [0.717, 1.165) is 25.4 Å². The highest BCUT2D eigenvalue weighted by atomic mass is 16.5. The summed E-state index contributed by atoms with van der Waals surface area (Å²) < 4.78 is 5.42. The average molecular weight is 290 g/mol. The Bertz CT molecular complexity index is 457. The molecule has 0 atom stereocenters. The van der Waals surface area contributed by atoms with Crippen LogP contribution in [-0.4, -0.2) is 25.7 Å². The summed E-state index contributed by atoms with van der Waals surface area (Å²) in [5.74, 6) is 0.951. The van der Waals surface area contributed by atoms with E-state index in [9.17, 15) is 0 Å². The zero-order valence-corrected chi connectivity index (χ0v) is 14.0. The molecule has 0 fully saturated rings. The third-order valence-electron chi connectivity index (χ3n) is 4.26. The van der Waals surface area contributed by atoms with Crippen LogP contribution in [0.5, 0.6) is 5.75 Å². The Balaban J connectivity index is 2.18. The lowest BCUT2D eigenvalue weighted by Gasteiger charge is -2.32. The summed E-state index contributed by atoms with van der Waals surface area (Å²) in [6, 6.07) is 6.45. The number of rotatable bonds is 6. The Morgan fingerprint density at radius 2 is 2.05 bits per heavy atom. The number of hydrogen-bond acceptors (Lipinski definition) is 3. The first kappa shape index (κ1) is 16.2. The molecule has 0 aliphatic carbocycles. The van der Waals surface area contributed by atoms with Crippen molar-refractivity contribution in [2.24, 2.45) is 0 Å². The van der Waals surface area contributed by atoms with Crippen LogP contribution in [0.1, 0.15) is 52.0 Å². The summed E-state index contributed by atoms with van der Waals surface area (Å²) in [5.41, 5.74) is 2.84. The second-order valence-electron chi connectivity index (χ2n) is 6.71. The van der Waals surface area contributed by atoms with Crippen molar-refractivity contribution in [2.75, 3.05) is 25.1 Å². The summed E-state index contributed by atoms with van der Waals surface area (Å²) in [4.78, 5) is 2.54. The quantitative estimate of drug-likeness (QED) is 0.803. The zero-order valence-electron chi connectivity index (χ0n) is 14.0. The van der Waals surface area contributed by atoms with Gasteiger partial charge >= 0.3 is 0 Å². The predicted octanol–water partition coefficient (Wildman–Crippen LogP) is 3.96. The second kappa shape index (κ2) is 7.17. The SMILES string of the molecule is CCCCCCN1CC(C)(C)NCc2ccc(OC)cc21. The number of nitrogens with zero attached hydrogens (tertiary/aromatic N) is 1. The molecule has 1 heterocycles. The Morgan fingerprint density at radius 1 is 1.24 bits per heavy atom. The highest BCUT2D eigenvalue weighted by molar-refractivity contribution is 5.58. The van der Waals surface area contributed by atoms with Gasteiger partial charge in [-0.15, -0.1) is 0 Å². The standard InChI is InChI=1S/C18H30N2O/c1-5-6-7-8-11-20-14-18(2,3)19-13-15-9-10-16(21-4)12-17(15)20/h9-10,12,19H,5-8,11,13-14H2,1-4H3. The summed E-state index contributed by atoms with van der Waals surface area (Å²) >= 11 is 0. The molecule has 1 aromatic carbocycles. The van der Waals surface area contributed by atoms with Crippen molar-refractivity contribution >= 4 is 5.69 Å². The lowest BCUT2D eigenvalue weighted by Crippen LogP contribution is -2.47. The molecule has 0 saturated heterocycles. The lowest BCUT2D eigenvalue weighted by molar-refractivity contribution is 0.394. The van der Waals surface area contributed by atoms with Gasteiger partial charge in [0.05, 0.1) is 7.11 Å². The number of hydrogen-bond donors (Lipinski definition) is 1. The maximum absolute atomic E-state index is 5.42. The largest absolute Gasteiger partial charge is 0.497 e. The third-order valence-corrected chi connectivity index (χ3v) is 4.26. The fourth-order valence-corrected chi connectivity index (χ4v) is 3.00. The van der Waals surface area contributed by atoms with Crippen LogP contribution >= 0.6 is 0 Å². The van der Waals surface area contributed by atoms with Gasteiger partial charge in [0.25, 0.3) is 0 Å². The number of methoxy groups -OCH3 is 1. The van der Waals surface area contributed by atoms with Crippen molar-refractivity contribution in [2.45, 2.75) is 58.5 Å². The Labute approximate surface area is 129 Å². The van der Waals surface area contributed by atoms with Gasteiger partial charge in [-0.2, -0.15) is 0 Å². The summed E-state index contributed by atoms with van der Waals surface area (Å²) in [6.45, 7) is 9.94. The van der Waals surface area contributed by atoms with Crippen LogP contribution in [0.2, 0.25) is 0 Å². The molecule has 0 aromatic heterocycles. The van der Waals surface area contributed by atoms with Crippen LogP contribution in [0.4, 0.5) is 5.69 Å². The lowest BCUT2D eigenvalue weighted by atomic mass is 10.1. The molecule has 0 bridgehead atoms. The minimum atomic E-state index is 0.136. The molecule has 1 aliphatic heterocycles. The maximum atomic E-state index is 5.42. The molecule has 21 heavy (non-hydrogen) atoms. The van der Waals surface area contributed by atoms with Gasteiger partial charge in [-0.1, -0.05) is 32.3 Å². The number of fused-ring (bicyclic) bond motifs is 1. The van der Waals surface area contributed by atoms with Gasteiger partial charge in [0.2, 0.25) is 0 Å². The smallest absolute Gasteiger partial charge is 0.120 e. The van der Waals surface area contributed by atoms with Crippen molar-refractivity contribution in [3.63, 3.8) is 0 Å². The van der Waals surface area contributed by atoms with Crippen LogP contribution in [0.25, 0.3) is 0 Å².